The Kier molecular flexibility index (Phi) is 4.09. The Balaban J connectivity index is 2.47. The zero-order valence-electron chi connectivity index (χ0n) is 11.4. The summed E-state index contributed by atoms with van der Waals surface area (Å²) >= 11 is 3.42. The van der Waals surface area contributed by atoms with Gasteiger partial charge in [-0.15, -0.1) is 0 Å². The third-order valence-corrected chi connectivity index (χ3v) is 3.75. The molecule has 0 aliphatic carbocycles. The van der Waals surface area contributed by atoms with Crippen molar-refractivity contribution in [3.8, 4) is 11.5 Å². The molecule has 0 saturated heterocycles. The summed E-state index contributed by atoms with van der Waals surface area (Å²) in [7, 11) is 0. The van der Waals surface area contributed by atoms with Gasteiger partial charge in [0.15, 0.2) is 0 Å². The lowest BCUT2D eigenvalue weighted by Crippen LogP contribution is -2.06. The van der Waals surface area contributed by atoms with E-state index in [2.05, 4.69) is 20.9 Å². The fraction of sp³-hybridized carbons (Fsp3) is 0.200. The second-order valence-corrected chi connectivity index (χ2v) is 5.39. The van der Waals surface area contributed by atoms with Crippen molar-refractivity contribution in [2.75, 3.05) is 0 Å². The van der Waals surface area contributed by atoms with E-state index in [-0.39, 0.29) is 5.56 Å². The molecule has 0 radical (unpaired) electrons. The molecule has 1 aromatic carbocycles. The standard InChI is InChI=1S/C15H14BrNO3/c1-8-6-11(4-5-12(8)16)20-13-7-9(2)17-10(3)14(13)15(18)19/h4-7H,1-3H3,(H,18,19). The molecule has 0 amide bonds. The Morgan fingerprint density at radius 1 is 1.25 bits per heavy atom. The maximum atomic E-state index is 11.3. The summed E-state index contributed by atoms with van der Waals surface area (Å²) in [5.41, 5.74) is 2.27. The van der Waals surface area contributed by atoms with E-state index in [0.29, 0.717) is 17.2 Å². The number of rotatable bonds is 3. The summed E-state index contributed by atoms with van der Waals surface area (Å²) in [6.07, 6.45) is 0. The lowest BCUT2D eigenvalue weighted by molar-refractivity contribution is 0.0693. The average Bonchev–Trinajstić information content (AvgIpc) is 2.32. The summed E-state index contributed by atoms with van der Waals surface area (Å²) in [5.74, 6) is -0.138. The number of aromatic carboxylic acids is 1. The van der Waals surface area contributed by atoms with Crippen LogP contribution in [0.2, 0.25) is 0 Å². The van der Waals surface area contributed by atoms with E-state index in [9.17, 15) is 9.90 Å². The molecule has 0 spiro atoms. The molecule has 5 heteroatoms. The molecule has 104 valence electrons. The van der Waals surface area contributed by atoms with Crippen molar-refractivity contribution in [1.29, 1.82) is 0 Å². The number of carbonyl (C=O) groups is 1. The van der Waals surface area contributed by atoms with Crippen LogP contribution in [-0.2, 0) is 0 Å². The van der Waals surface area contributed by atoms with E-state index < -0.39 is 5.97 Å². The highest BCUT2D eigenvalue weighted by Gasteiger charge is 2.17. The van der Waals surface area contributed by atoms with Crippen LogP contribution in [0, 0.1) is 20.8 Å². The Bertz CT molecular complexity index is 683. The predicted molar refractivity (Wildman–Crippen MR) is 79.6 cm³/mol. The van der Waals surface area contributed by atoms with Crippen LogP contribution >= 0.6 is 15.9 Å². The Morgan fingerprint density at radius 3 is 2.55 bits per heavy atom. The van der Waals surface area contributed by atoms with Gasteiger partial charge in [-0.05, 0) is 44.5 Å². The average molecular weight is 336 g/mol. The van der Waals surface area contributed by atoms with Crippen molar-refractivity contribution in [3.63, 3.8) is 0 Å². The summed E-state index contributed by atoms with van der Waals surface area (Å²) in [6, 6.07) is 7.13. The summed E-state index contributed by atoms with van der Waals surface area (Å²) < 4.78 is 6.70. The number of carboxylic acid groups (broad SMARTS) is 1. The molecule has 0 atom stereocenters. The third-order valence-electron chi connectivity index (χ3n) is 2.86. The second kappa shape index (κ2) is 5.63. The lowest BCUT2D eigenvalue weighted by atomic mass is 10.1. The van der Waals surface area contributed by atoms with Crippen molar-refractivity contribution in [1.82, 2.24) is 4.98 Å². The molecule has 0 aliphatic rings. The van der Waals surface area contributed by atoms with Gasteiger partial charge in [0.25, 0.3) is 0 Å². The van der Waals surface area contributed by atoms with Crippen LogP contribution in [0.25, 0.3) is 0 Å². The fourth-order valence-corrected chi connectivity index (χ4v) is 2.19. The smallest absolute Gasteiger partial charge is 0.341 e. The molecule has 2 aromatic rings. The molecule has 0 unspecified atom stereocenters. The van der Waals surface area contributed by atoms with Gasteiger partial charge in [-0.1, -0.05) is 15.9 Å². The number of carboxylic acids is 1. The number of pyridine rings is 1. The number of benzene rings is 1. The normalized spacial score (nSPS) is 10.4. The number of ether oxygens (including phenoxy) is 1. The molecule has 0 bridgehead atoms. The van der Waals surface area contributed by atoms with Crippen molar-refractivity contribution >= 4 is 21.9 Å². The van der Waals surface area contributed by atoms with Crippen LogP contribution in [0.5, 0.6) is 11.5 Å². The van der Waals surface area contributed by atoms with Gasteiger partial charge >= 0.3 is 5.97 Å². The SMILES string of the molecule is Cc1cc(Oc2ccc(Br)c(C)c2)c(C(=O)O)c(C)n1. The number of halogens is 1. The molecular weight excluding hydrogens is 322 g/mol. The van der Waals surface area contributed by atoms with Crippen LogP contribution in [0.4, 0.5) is 0 Å². The van der Waals surface area contributed by atoms with E-state index in [4.69, 9.17) is 4.74 Å². The van der Waals surface area contributed by atoms with Crippen LogP contribution < -0.4 is 4.74 Å². The summed E-state index contributed by atoms with van der Waals surface area (Å²) in [6.45, 7) is 5.41. The topological polar surface area (TPSA) is 59.4 Å². The molecule has 4 nitrogen and oxygen atoms in total. The highest BCUT2D eigenvalue weighted by atomic mass is 79.9. The minimum atomic E-state index is -1.04. The third kappa shape index (κ3) is 2.99. The highest BCUT2D eigenvalue weighted by molar-refractivity contribution is 9.10. The van der Waals surface area contributed by atoms with E-state index in [1.165, 1.54) is 0 Å². The van der Waals surface area contributed by atoms with Gasteiger partial charge in [-0.2, -0.15) is 0 Å². The summed E-state index contributed by atoms with van der Waals surface area (Å²) in [4.78, 5) is 15.5. The van der Waals surface area contributed by atoms with Gasteiger partial charge in [0.2, 0.25) is 0 Å². The Hall–Kier alpha value is -1.88. The van der Waals surface area contributed by atoms with E-state index >= 15 is 0 Å². The molecule has 2 rings (SSSR count). The Labute approximate surface area is 125 Å². The molecular formula is C15H14BrNO3. The Morgan fingerprint density at radius 2 is 1.95 bits per heavy atom. The molecule has 1 heterocycles. The first-order valence-electron chi connectivity index (χ1n) is 6.04. The monoisotopic (exact) mass is 335 g/mol. The number of hydrogen-bond acceptors (Lipinski definition) is 3. The summed E-state index contributed by atoms with van der Waals surface area (Å²) in [5, 5.41) is 9.29. The van der Waals surface area contributed by atoms with Gasteiger partial charge in [-0.3, -0.25) is 4.98 Å². The van der Waals surface area contributed by atoms with Crippen molar-refractivity contribution in [2.24, 2.45) is 0 Å². The molecule has 1 aromatic heterocycles. The number of aromatic nitrogens is 1. The van der Waals surface area contributed by atoms with E-state index in [1.807, 2.05) is 19.1 Å². The van der Waals surface area contributed by atoms with Crippen molar-refractivity contribution in [3.05, 3.63) is 51.3 Å². The molecule has 20 heavy (non-hydrogen) atoms. The molecule has 0 aliphatic heterocycles. The van der Waals surface area contributed by atoms with Crippen LogP contribution in [0.3, 0.4) is 0 Å². The lowest BCUT2D eigenvalue weighted by Gasteiger charge is -2.12. The maximum absolute atomic E-state index is 11.3. The highest BCUT2D eigenvalue weighted by Crippen LogP contribution is 2.30. The number of aryl methyl sites for hydroxylation is 3. The van der Waals surface area contributed by atoms with E-state index in [0.717, 1.165) is 15.7 Å². The zero-order valence-corrected chi connectivity index (χ0v) is 13.0. The fourth-order valence-electron chi connectivity index (χ4n) is 1.94. The van der Waals surface area contributed by atoms with Gasteiger partial charge in [-0.25, -0.2) is 4.79 Å². The predicted octanol–water partition coefficient (Wildman–Crippen LogP) is 4.26. The number of nitrogens with zero attached hydrogens (tertiary/aromatic N) is 1. The quantitative estimate of drug-likeness (QED) is 0.910. The van der Waals surface area contributed by atoms with Gasteiger partial charge in [0.1, 0.15) is 17.1 Å². The molecule has 0 saturated carbocycles. The number of hydrogen-bond donors (Lipinski definition) is 1. The van der Waals surface area contributed by atoms with Crippen molar-refractivity contribution in [2.45, 2.75) is 20.8 Å². The second-order valence-electron chi connectivity index (χ2n) is 4.54. The van der Waals surface area contributed by atoms with Crippen molar-refractivity contribution < 1.29 is 14.6 Å². The minimum absolute atomic E-state index is 0.0937. The largest absolute Gasteiger partial charge is 0.477 e. The molecule has 0 fully saturated rings. The van der Waals surface area contributed by atoms with Gasteiger partial charge < -0.3 is 9.84 Å². The van der Waals surface area contributed by atoms with Crippen LogP contribution in [0.15, 0.2) is 28.7 Å². The minimum Gasteiger partial charge on any atom is -0.477 e. The maximum Gasteiger partial charge on any atom is 0.341 e. The van der Waals surface area contributed by atoms with E-state index in [1.54, 1.807) is 26.0 Å². The molecule has 1 N–H and O–H groups in total. The van der Waals surface area contributed by atoms with Gasteiger partial charge in [0.05, 0.1) is 5.69 Å². The first kappa shape index (κ1) is 14.5. The first-order chi connectivity index (χ1) is 9.38. The van der Waals surface area contributed by atoms with Crippen LogP contribution in [0.1, 0.15) is 27.3 Å². The first-order valence-corrected chi connectivity index (χ1v) is 6.83. The van der Waals surface area contributed by atoms with Gasteiger partial charge in [0, 0.05) is 16.2 Å². The zero-order chi connectivity index (χ0) is 14.9. The van der Waals surface area contributed by atoms with Crippen LogP contribution in [-0.4, -0.2) is 16.1 Å².